The number of carbonyl (C=O) groups excluding carboxylic acids is 1. The molecule has 0 N–H and O–H groups in total. The van der Waals surface area contributed by atoms with Gasteiger partial charge in [0.2, 0.25) is 0 Å². The van der Waals surface area contributed by atoms with Gasteiger partial charge >= 0.3 is 6.03 Å². The fourth-order valence-electron chi connectivity index (χ4n) is 1.90. The van der Waals surface area contributed by atoms with E-state index >= 15 is 0 Å². The van der Waals surface area contributed by atoms with Gasteiger partial charge in [0, 0.05) is 26.7 Å². The lowest BCUT2D eigenvalue weighted by atomic mass is 9.83. The lowest BCUT2D eigenvalue weighted by Gasteiger charge is -2.34. The third-order valence-electron chi connectivity index (χ3n) is 3.24. The average Bonchev–Trinajstić information content (AvgIpc) is 2.26. The molecule has 1 aliphatic rings. The van der Waals surface area contributed by atoms with E-state index in [0.717, 1.165) is 26.1 Å². The van der Waals surface area contributed by atoms with Gasteiger partial charge in [-0.2, -0.15) is 0 Å². The van der Waals surface area contributed by atoms with Crippen molar-refractivity contribution >= 4 is 6.03 Å². The zero-order valence-corrected chi connectivity index (χ0v) is 11.2. The SMILES string of the molecule is CCN(C)C(=O)N1CC=C(C(C)(C)C)CC1. The Morgan fingerprint density at radius 3 is 2.50 bits per heavy atom. The van der Waals surface area contributed by atoms with Gasteiger partial charge in [0.15, 0.2) is 0 Å². The Morgan fingerprint density at radius 1 is 1.50 bits per heavy atom. The summed E-state index contributed by atoms with van der Waals surface area (Å²) >= 11 is 0. The molecule has 92 valence electrons. The molecule has 0 aliphatic carbocycles. The first-order chi connectivity index (χ1) is 7.36. The Kier molecular flexibility index (Phi) is 4.00. The van der Waals surface area contributed by atoms with Crippen LogP contribution in [-0.4, -0.2) is 42.5 Å². The molecule has 3 heteroatoms. The van der Waals surface area contributed by atoms with Crippen molar-refractivity contribution in [1.29, 1.82) is 0 Å². The van der Waals surface area contributed by atoms with Crippen molar-refractivity contribution in [3.8, 4) is 0 Å². The van der Waals surface area contributed by atoms with Crippen LogP contribution < -0.4 is 0 Å². The summed E-state index contributed by atoms with van der Waals surface area (Å²) in [5, 5.41) is 0. The molecule has 0 radical (unpaired) electrons. The maximum absolute atomic E-state index is 11.9. The summed E-state index contributed by atoms with van der Waals surface area (Å²) in [5.74, 6) is 0. The highest BCUT2D eigenvalue weighted by molar-refractivity contribution is 5.74. The second kappa shape index (κ2) is 4.89. The quantitative estimate of drug-likeness (QED) is 0.628. The average molecular weight is 224 g/mol. The summed E-state index contributed by atoms with van der Waals surface area (Å²) in [6, 6.07) is 0.145. The summed E-state index contributed by atoms with van der Waals surface area (Å²) in [6.45, 7) is 11.1. The molecular formula is C13H24N2O. The van der Waals surface area contributed by atoms with Crippen LogP contribution >= 0.6 is 0 Å². The number of nitrogens with zero attached hydrogens (tertiary/aromatic N) is 2. The molecule has 0 unspecified atom stereocenters. The van der Waals surface area contributed by atoms with E-state index < -0.39 is 0 Å². The van der Waals surface area contributed by atoms with Crippen molar-refractivity contribution in [2.75, 3.05) is 26.7 Å². The van der Waals surface area contributed by atoms with Gasteiger partial charge in [-0.15, -0.1) is 0 Å². The Labute approximate surface area is 99.1 Å². The van der Waals surface area contributed by atoms with Gasteiger partial charge in [0.05, 0.1) is 0 Å². The molecule has 0 aromatic heterocycles. The van der Waals surface area contributed by atoms with Crippen LogP contribution in [0.5, 0.6) is 0 Å². The van der Waals surface area contributed by atoms with Gasteiger partial charge in [-0.3, -0.25) is 0 Å². The van der Waals surface area contributed by atoms with E-state index in [4.69, 9.17) is 0 Å². The first kappa shape index (κ1) is 13.1. The molecule has 0 aromatic carbocycles. The van der Waals surface area contributed by atoms with Gasteiger partial charge in [-0.05, 0) is 18.8 Å². The molecule has 1 heterocycles. The summed E-state index contributed by atoms with van der Waals surface area (Å²) in [4.78, 5) is 15.6. The van der Waals surface area contributed by atoms with E-state index in [1.54, 1.807) is 4.90 Å². The minimum Gasteiger partial charge on any atom is -0.328 e. The van der Waals surface area contributed by atoms with Gasteiger partial charge in [-0.1, -0.05) is 32.4 Å². The van der Waals surface area contributed by atoms with Crippen LogP contribution in [-0.2, 0) is 0 Å². The normalized spacial score (nSPS) is 17.1. The number of hydrogen-bond donors (Lipinski definition) is 0. The standard InChI is InChI=1S/C13H24N2O/c1-6-14(5)12(16)15-9-7-11(8-10-15)13(2,3)4/h7H,6,8-10H2,1-5H3. The zero-order chi connectivity index (χ0) is 12.3. The molecule has 0 spiro atoms. The summed E-state index contributed by atoms with van der Waals surface area (Å²) in [5.41, 5.74) is 1.71. The largest absolute Gasteiger partial charge is 0.328 e. The number of rotatable bonds is 1. The second-order valence-electron chi connectivity index (χ2n) is 5.47. The maximum atomic E-state index is 11.9. The van der Waals surface area contributed by atoms with Crippen molar-refractivity contribution in [2.24, 2.45) is 5.41 Å². The van der Waals surface area contributed by atoms with Gasteiger partial charge in [0.1, 0.15) is 0 Å². The lowest BCUT2D eigenvalue weighted by molar-refractivity contribution is 0.167. The predicted octanol–water partition coefficient (Wildman–Crippen LogP) is 2.74. The highest BCUT2D eigenvalue weighted by Gasteiger charge is 2.24. The van der Waals surface area contributed by atoms with Gasteiger partial charge < -0.3 is 9.80 Å². The van der Waals surface area contributed by atoms with Crippen molar-refractivity contribution < 1.29 is 4.79 Å². The predicted molar refractivity (Wildman–Crippen MR) is 67.4 cm³/mol. The summed E-state index contributed by atoms with van der Waals surface area (Å²) in [7, 11) is 1.85. The summed E-state index contributed by atoms with van der Waals surface area (Å²) in [6.07, 6.45) is 3.22. The van der Waals surface area contributed by atoms with Crippen LogP contribution in [0.25, 0.3) is 0 Å². The van der Waals surface area contributed by atoms with Crippen LogP contribution in [0.4, 0.5) is 4.79 Å². The number of carbonyl (C=O) groups is 1. The number of hydrogen-bond acceptors (Lipinski definition) is 1. The highest BCUT2D eigenvalue weighted by atomic mass is 16.2. The van der Waals surface area contributed by atoms with Crippen LogP contribution in [0, 0.1) is 5.41 Å². The van der Waals surface area contributed by atoms with Crippen molar-refractivity contribution in [3.63, 3.8) is 0 Å². The van der Waals surface area contributed by atoms with Crippen molar-refractivity contribution in [1.82, 2.24) is 9.80 Å². The molecule has 2 amide bonds. The minimum atomic E-state index is 0.145. The molecule has 0 bridgehead atoms. The highest BCUT2D eigenvalue weighted by Crippen LogP contribution is 2.30. The van der Waals surface area contributed by atoms with Crippen molar-refractivity contribution in [2.45, 2.75) is 34.1 Å². The third-order valence-corrected chi connectivity index (χ3v) is 3.24. The van der Waals surface area contributed by atoms with Crippen LogP contribution in [0.2, 0.25) is 0 Å². The Bertz CT molecular complexity index is 289. The molecule has 1 rings (SSSR count). The van der Waals surface area contributed by atoms with E-state index in [-0.39, 0.29) is 11.4 Å². The van der Waals surface area contributed by atoms with Crippen LogP contribution in [0.1, 0.15) is 34.1 Å². The minimum absolute atomic E-state index is 0.145. The first-order valence-electron chi connectivity index (χ1n) is 6.05. The van der Waals surface area contributed by atoms with Crippen LogP contribution in [0.15, 0.2) is 11.6 Å². The van der Waals surface area contributed by atoms with Crippen molar-refractivity contribution in [3.05, 3.63) is 11.6 Å². The maximum Gasteiger partial charge on any atom is 0.320 e. The molecule has 0 saturated heterocycles. The first-order valence-corrected chi connectivity index (χ1v) is 6.05. The molecule has 1 aliphatic heterocycles. The Morgan fingerprint density at radius 2 is 2.12 bits per heavy atom. The van der Waals surface area contributed by atoms with E-state index in [9.17, 15) is 4.79 Å². The van der Waals surface area contributed by atoms with Gasteiger partial charge in [0.25, 0.3) is 0 Å². The van der Waals surface area contributed by atoms with E-state index in [1.807, 2.05) is 18.9 Å². The van der Waals surface area contributed by atoms with E-state index in [0.29, 0.717) is 0 Å². The molecular weight excluding hydrogens is 200 g/mol. The topological polar surface area (TPSA) is 23.6 Å². The number of amides is 2. The fourth-order valence-corrected chi connectivity index (χ4v) is 1.90. The molecule has 16 heavy (non-hydrogen) atoms. The summed E-state index contributed by atoms with van der Waals surface area (Å²) < 4.78 is 0. The Balaban J connectivity index is 2.61. The molecule has 0 fully saturated rings. The second-order valence-corrected chi connectivity index (χ2v) is 5.47. The van der Waals surface area contributed by atoms with E-state index in [2.05, 4.69) is 26.8 Å². The molecule has 0 aromatic rings. The smallest absolute Gasteiger partial charge is 0.320 e. The number of urea groups is 1. The lowest BCUT2D eigenvalue weighted by Crippen LogP contribution is -2.43. The monoisotopic (exact) mass is 224 g/mol. The third kappa shape index (κ3) is 3.00. The molecule has 0 atom stereocenters. The van der Waals surface area contributed by atoms with E-state index in [1.165, 1.54) is 5.57 Å². The van der Waals surface area contributed by atoms with Gasteiger partial charge in [-0.25, -0.2) is 4.79 Å². The molecule has 3 nitrogen and oxygen atoms in total. The Hall–Kier alpha value is -0.990. The fraction of sp³-hybridized carbons (Fsp3) is 0.769. The van der Waals surface area contributed by atoms with Crippen LogP contribution in [0.3, 0.4) is 0 Å². The molecule has 0 saturated carbocycles. The zero-order valence-electron chi connectivity index (χ0n) is 11.2.